The lowest BCUT2D eigenvalue weighted by molar-refractivity contribution is -0.136. The highest BCUT2D eigenvalue weighted by Crippen LogP contribution is 2.54. The average Bonchev–Trinajstić information content (AvgIpc) is 3.64. The summed E-state index contributed by atoms with van der Waals surface area (Å²) in [6.07, 6.45) is 2.86. The van der Waals surface area contributed by atoms with Crippen molar-refractivity contribution in [2.45, 2.75) is 37.9 Å². The Hall–Kier alpha value is -2.93. The summed E-state index contributed by atoms with van der Waals surface area (Å²) in [6.45, 7) is 3.37. The van der Waals surface area contributed by atoms with E-state index in [9.17, 15) is 14.9 Å². The Labute approximate surface area is 204 Å². The minimum absolute atomic E-state index is 0.0277. The van der Waals surface area contributed by atoms with E-state index in [1.165, 1.54) is 0 Å². The average molecular weight is 474 g/mol. The summed E-state index contributed by atoms with van der Waals surface area (Å²) in [5, 5.41) is 10.3. The predicted molar refractivity (Wildman–Crippen MR) is 128 cm³/mol. The standard InChI is InChI=1S/C26H31N7O2/c27-7-8-33-23-4-2-1-3-15(23)10-24(33)26(35)32-13-19-17-11-31(12-18(17)20(19)14-32)25(34)16-5-6-21-22(9-16)29-30-28-21/h1-4,10,16-22,28-30H,5-6,8-9,11-14H2/t16?,17-,18+,19+,20-,21?,22?. The molecule has 2 aliphatic carbocycles. The molecule has 3 N–H and O–H groups in total. The number of likely N-dealkylation sites (tertiary alicyclic amines) is 2. The monoisotopic (exact) mass is 473 g/mol. The summed E-state index contributed by atoms with van der Waals surface area (Å²) in [5.41, 5.74) is 11.1. The first-order chi connectivity index (χ1) is 17.1. The summed E-state index contributed by atoms with van der Waals surface area (Å²) in [7, 11) is 0. The van der Waals surface area contributed by atoms with Crippen molar-refractivity contribution in [3.8, 4) is 6.07 Å². The molecule has 35 heavy (non-hydrogen) atoms. The number of rotatable bonds is 3. The lowest BCUT2D eigenvalue weighted by atomic mass is 9.60. The van der Waals surface area contributed by atoms with Gasteiger partial charge in [0.25, 0.3) is 5.91 Å². The number of carbonyl (C=O) groups excluding carboxylic acids is 2. The molecule has 4 heterocycles. The van der Waals surface area contributed by atoms with Gasteiger partial charge in [-0.2, -0.15) is 10.8 Å². The van der Waals surface area contributed by atoms with E-state index in [0.717, 1.165) is 56.3 Å². The summed E-state index contributed by atoms with van der Waals surface area (Å²) in [5.74, 6) is 2.46. The third kappa shape index (κ3) is 3.24. The molecule has 2 amide bonds. The number of benzene rings is 1. The Bertz CT molecular complexity index is 1210. The number of aromatic nitrogens is 1. The van der Waals surface area contributed by atoms with Crippen LogP contribution in [0.15, 0.2) is 30.3 Å². The Balaban J connectivity index is 1.02. The molecule has 7 rings (SSSR count). The molecule has 0 radical (unpaired) electrons. The number of fused-ring (bicyclic) bond motifs is 6. The van der Waals surface area contributed by atoms with Crippen LogP contribution in [-0.2, 0) is 11.3 Å². The van der Waals surface area contributed by atoms with Crippen LogP contribution in [0.2, 0.25) is 0 Å². The second-order valence-electron chi connectivity index (χ2n) is 11.1. The molecule has 5 fully saturated rings. The van der Waals surface area contributed by atoms with Gasteiger partial charge >= 0.3 is 0 Å². The molecule has 2 saturated carbocycles. The SMILES string of the molecule is N#CCn1c(C(=O)N2C[C@@H]3[C@H](C2)[C@H]2CN(C(=O)C4CCC5NNNC5C4)C[C@@H]32)cc2ccccc21. The molecule has 182 valence electrons. The smallest absolute Gasteiger partial charge is 0.270 e. The van der Waals surface area contributed by atoms with E-state index in [1.54, 1.807) is 0 Å². The number of hydrogen-bond donors (Lipinski definition) is 3. The van der Waals surface area contributed by atoms with E-state index in [4.69, 9.17) is 0 Å². The van der Waals surface area contributed by atoms with Gasteiger partial charge in [-0.1, -0.05) is 18.2 Å². The van der Waals surface area contributed by atoms with Gasteiger partial charge in [-0.15, -0.1) is 0 Å². The van der Waals surface area contributed by atoms with E-state index < -0.39 is 0 Å². The topological polar surface area (TPSA) is 105 Å². The molecule has 1 aromatic heterocycles. The van der Waals surface area contributed by atoms with Crippen molar-refractivity contribution in [2.75, 3.05) is 26.2 Å². The predicted octanol–water partition coefficient (Wildman–Crippen LogP) is 1.09. The van der Waals surface area contributed by atoms with E-state index in [-0.39, 0.29) is 18.4 Å². The molecule has 0 spiro atoms. The van der Waals surface area contributed by atoms with E-state index >= 15 is 0 Å². The van der Waals surface area contributed by atoms with Crippen LogP contribution in [0.5, 0.6) is 0 Å². The maximum atomic E-state index is 13.5. The highest BCUT2D eigenvalue weighted by molar-refractivity contribution is 5.99. The van der Waals surface area contributed by atoms with Crippen LogP contribution >= 0.6 is 0 Å². The summed E-state index contributed by atoms with van der Waals surface area (Å²) >= 11 is 0. The number of hydrazine groups is 2. The van der Waals surface area contributed by atoms with Crippen LogP contribution in [-0.4, -0.2) is 64.4 Å². The van der Waals surface area contributed by atoms with Crippen LogP contribution in [0, 0.1) is 40.9 Å². The minimum Gasteiger partial charge on any atom is -0.342 e. The fourth-order valence-corrected chi connectivity index (χ4v) is 7.72. The molecular formula is C26H31N7O2. The zero-order chi connectivity index (χ0) is 23.7. The molecule has 0 bridgehead atoms. The minimum atomic E-state index is 0.0277. The molecule has 9 heteroatoms. The Morgan fingerprint density at radius 2 is 1.63 bits per heavy atom. The number of carbonyl (C=O) groups is 2. The first kappa shape index (κ1) is 21.4. The molecule has 3 unspecified atom stereocenters. The van der Waals surface area contributed by atoms with Crippen molar-refractivity contribution < 1.29 is 9.59 Å². The van der Waals surface area contributed by atoms with Crippen LogP contribution < -0.4 is 16.4 Å². The summed E-state index contributed by atoms with van der Waals surface area (Å²) < 4.78 is 1.85. The molecule has 5 aliphatic rings. The molecule has 3 aliphatic heterocycles. The molecule has 1 aromatic carbocycles. The summed E-state index contributed by atoms with van der Waals surface area (Å²) in [6, 6.07) is 12.7. The van der Waals surface area contributed by atoms with Gasteiger partial charge in [0.15, 0.2) is 0 Å². The van der Waals surface area contributed by atoms with Crippen molar-refractivity contribution in [3.05, 3.63) is 36.0 Å². The molecule has 2 aromatic rings. The van der Waals surface area contributed by atoms with E-state index in [0.29, 0.717) is 47.4 Å². The molecule has 7 atom stereocenters. The van der Waals surface area contributed by atoms with Gasteiger partial charge in [0.1, 0.15) is 12.2 Å². The van der Waals surface area contributed by atoms with E-state index in [1.807, 2.05) is 39.8 Å². The number of nitrogens with zero attached hydrogens (tertiary/aromatic N) is 4. The zero-order valence-electron chi connectivity index (χ0n) is 19.7. The highest BCUT2D eigenvalue weighted by Gasteiger charge is 2.59. The van der Waals surface area contributed by atoms with Crippen molar-refractivity contribution in [3.63, 3.8) is 0 Å². The summed E-state index contributed by atoms with van der Waals surface area (Å²) in [4.78, 5) is 31.0. The number of para-hydroxylation sites is 1. The molecular weight excluding hydrogens is 442 g/mol. The van der Waals surface area contributed by atoms with Gasteiger partial charge < -0.3 is 14.4 Å². The Morgan fingerprint density at radius 1 is 0.943 bits per heavy atom. The fourth-order valence-electron chi connectivity index (χ4n) is 7.72. The van der Waals surface area contributed by atoms with Gasteiger partial charge in [0, 0.05) is 55.1 Å². The lowest BCUT2D eigenvalue weighted by Crippen LogP contribution is -2.45. The van der Waals surface area contributed by atoms with Crippen LogP contribution in [0.25, 0.3) is 10.9 Å². The van der Waals surface area contributed by atoms with Gasteiger partial charge in [-0.25, -0.2) is 10.9 Å². The van der Waals surface area contributed by atoms with Gasteiger partial charge in [-0.3, -0.25) is 9.59 Å². The third-order valence-corrected chi connectivity index (χ3v) is 9.50. The van der Waals surface area contributed by atoms with Crippen molar-refractivity contribution in [2.24, 2.45) is 29.6 Å². The molecule has 9 nitrogen and oxygen atoms in total. The first-order valence-corrected chi connectivity index (χ1v) is 12.9. The molecule has 3 saturated heterocycles. The van der Waals surface area contributed by atoms with E-state index in [2.05, 4.69) is 27.4 Å². The second kappa shape index (κ2) is 8.05. The quantitative estimate of drug-likeness (QED) is 0.617. The van der Waals surface area contributed by atoms with Crippen LogP contribution in [0.1, 0.15) is 29.8 Å². The Kier molecular flexibility index (Phi) is 4.91. The van der Waals surface area contributed by atoms with Gasteiger partial charge in [0.2, 0.25) is 5.91 Å². The fraction of sp³-hybridized carbons (Fsp3) is 0.577. The maximum absolute atomic E-state index is 13.5. The van der Waals surface area contributed by atoms with Crippen LogP contribution in [0.3, 0.4) is 0 Å². The number of hydrogen-bond acceptors (Lipinski definition) is 6. The highest BCUT2D eigenvalue weighted by atomic mass is 16.2. The largest absolute Gasteiger partial charge is 0.342 e. The maximum Gasteiger partial charge on any atom is 0.270 e. The lowest BCUT2D eigenvalue weighted by Gasteiger charge is -2.42. The van der Waals surface area contributed by atoms with Gasteiger partial charge in [-0.05, 0) is 55.1 Å². The first-order valence-electron chi connectivity index (χ1n) is 12.9. The number of amides is 2. The van der Waals surface area contributed by atoms with Crippen molar-refractivity contribution >= 4 is 22.7 Å². The Morgan fingerprint density at radius 3 is 2.37 bits per heavy atom. The van der Waals surface area contributed by atoms with Crippen LogP contribution in [0.4, 0.5) is 0 Å². The van der Waals surface area contributed by atoms with Crippen molar-refractivity contribution in [1.29, 1.82) is 5.26 Å². The number of nitriles is 1. The normalized spacial score (nSPS) is 35.3. The second-order valence-corrected chi connectivity index (χ2v) is 11.1. The van der Waals surface area contributed by atoms with Crippen molar-refractivity contribution in [1.82, 2.24) is 30.8 Å². The third-order valence-electron chi connectivity index (χ3n) is 9.50. The number of nitrogens with one attached hydrogen (secondary N) is 3. The zero-order valence-corrected chi connectivity index (χ0v) is 19.7. The van der Waals surface area contributed by atoms with Gasteiger partial charge in [0.05, 0.1) is 6.07 Å².